The third kappa shape index (κ3) is 9.40. The minimum absolute atomic E-state index is 0.216. The quantitative estimate of drug-likeness (QED) is 0.221. The highest BCUT2D eigenvalue weighted by Crippen LogP contribution is 2.30. The van der Waals surface area contributed by atoms with Crippen molar-refractivity contribution < 1.29 is 13.2 Å². The second-order valence-electron chi connectivity index (χ2n) is 10.9. The van der Waals surface area contributed by atoms with Crippen molar-refractivity contribution in [2.24, 2.45) is 21.6 Å². The van der Waals surface area contributed by atoms with Gasteiger partial charge in [0.15, 0.2) is 0 Å². The van der Waals surface area contributed by atoms with E-state index >= 15 is 0 Å². The van der Waals surface area contributed by atoms with Crippen LogP contribution in [0.15, 0.2) is 39.9 Å². The highest BCUT2D eigenvalue weighted by molar-refractivity contribution is 5.84. The Kier molecular flexibility index (Phi) is 11.4. The van der Waals surface area contributed by atoms with E-state index in [0.29, 0.717) is 30.3 Å². The second-order valence-corrected chi connectivity index (χ2v) is 10.9. The molecule has 0 radical (unpaired) electrons. The summed E-state index contributed by atoms with van der Waals surface area (Å²) in [6.45, 7) is 15.4. The number of allylic oxidation sites excluding steroid dienone is 2. The van der Waals surface area contributed by atoms with Crippen LogP contribution < -0.4 is 11.1 Å². The summed E-state index contributed by atoms with van der Waals surface area (Å²) in [5.41, 5.74) is 6.54. The first-order chi connectivity index (χ1) is 18.6. The van der Waals surface area contributed by atoms with Crippen LogP contribution in [0.5, 0.6) is 0 Å². The molecule has 0 aromatic carbocycles. The Morgan fingerprint density at radius 2 is 1.97 bits per heavy atom. The van der Waals surface area contributed by atoms with Crippen molar-refractivity contribution in [2.45, 2.75) is 77.9 Å². The van der Waals surface area contributed by atoms with Gasteiger partial charge in [-0.05, 0) is 51.4 Å². The number of rotatable bonds is 11. The van der Waals surface area contributed by atoms with Crippen LogP contribution in [-0.4, -0.2) is 77.6 Å². The van der Waals surface area contributed by atoms with Crippen molar-refractivity contribution in [1.82, 2.24) is 24.9 Å². The minimum Gasteiger partial charge on any atom is -0.390 e. The van der Waals surface area contributed by atoms with Gasteiger partial charge >= 0.3 is 6.18 Å². The molecule has 8 nitrogen and oxygen atoms in total. The summed E-state index contributed by atoms with van der Waals surface area (Å²) in [5, 5.41) is 7.40. The number of aryl methyl sites for hydroxylation is 1. The average Bonchev–Trinajstić information content (AvgIpc) is 3.11. The molecule has 0 bridgehead atoms. The Balaban J connectivity index is 1.68. The standard InChI is InChI=1S/C28H45F3N8/c1-21(2)18-37-15-10-24(11-16-37)39-19-26(23(4)36-39)34-17-25(28(29,30)31)27(35-20-32)33-12-8-14-38-13-7-5-6-9-22(38)3/h17,19-21,24,33H,3,5-16,18H2,1-2,4H3,(H2,32,35)/b27-25+,34-17-. The van der Waals surface area contributed by atoms with Gasteiger partial charge in [-0.2, -0.15) is 18.3 Å². The van der Waals surface area contributed by atoms with Crippen molar-refractivity contribution in [3.05, 3.63) is 35.6 Å². The lowest BCUT2D eigenvalue weighted by Crippen LogP contribution is -2.37. The van der Waals surface area contributed by atoms with Gasteiger partial charge in [-0.15, -0.1) is 0 Å². The largest absolute Gasteiger partial charge is 0.421 e. The van der Waals surface area contributed by atoms with Gasteiger partial charge in [-0.3, -0.25) is 9.67 Å². The number of hydrogen-bond donors (Lipinski definition) is 2. The molecular formula is C28H45F3N8. The lowest BCUT2D eigenvalue weighted by molar-refractivity contribution is -0.0866. The molecule has 3 rings (SSSR count). The smallest absolute Gasteiger partial charge is 0.390 e. The molecule has 11 heteroatoms. The fourth-order valence-corrected chi connectivity index (χ4v) is 5.23. The lowest BCUT2D eigenvalue weighted by Gasteiger charge is -2.33. The normalized spacial score (nSPS) is 19.4. The molecule has 0 amide bonds. The first kappa shape index (κ1) is 30.7. The summed E-state index contributed by atoms with van der Waals surface area (Å²) < 4.78 is 44.1. The third-order valence-electron chi connectivity index (χ3n) is 7.28. The van der Waals surface area contributed by atoms with E-state index in [0.717, 1.165) is 83.1 Å². The highest BCUT2D eigenvalue weighted by Gasteiger charge is 2.36. The third-order valence-corrected chi connectivity index (χ3v) is 7.28. The van der Waals surface area contributed by atoms with Crippen molar-refractivity contribution in [3.8, 4) is 0 Å². The Morgan fingerprint density at radius 3 is 2.64 bits per heavy atom. The number of piperidine rings is 1. The first-order valence-electron chi connectivity index (χ1n) is 14.1. The lowest BCUT2D eigenvalue weighted by atomic mass is 10.0. The molecule has 3 heterocycles. The Hall–Kier alpha value is -2.82. The van der Waals surface area contributed by atoms with Crippen molar-refractivity contribution in [1.29, 1.82) is 0 Å². The highest BCUT2D eigenvalue weighted by atomic mass is 19.4. The van der Waals surface area contributed by atoms with E-state index in [1.165, 1.54) is 6.42 Å². The molecule has 2 aliphatic rings. The summed E-state index contributed by atoms with van der Waals surface area (Å²) >= 11 is 0. The molecule has 0 unspecified atom stereocenters. The molecule has 1 aromatic heterocycles. The topological polar surface area (TPSA) is 87.1 Å². The number of nitrogens with two attached hydrogens (primary N) is 1. The monoisotopic (exact) mass is 550 g/mol. The maximum atomic E-state index is 14.1. The number of aliphatic imine (C=N–C) groups is 2. The molecule has 0 saturated carbocycles. The Labute approximate surface area is 230 Å². The van der Waals surface area contributed by atoms with Crippen LogP contribution in [-0.2, 0) is 0 Å². The molecular weight excluding hydrogens is 505 g/mol. The van der Waals surface area contributed by atoms with Gasteiger partial charge in [0.1, 0.15) is 17.1 Å². The van der Waals surface area contributed by atoms with E-state index in [9.17, 15) is 13.2 Å². The van der Waals surface area contributed by atoms with E-state index in [1.807, 2.05) is 4.68 Å². The fourth-order valence-electron chi connectivity index (χ4n) is 5.23. The van der Waals surface area contributed by atoms with Crippen LogP contribution in [0.25, 0.3) is 0 Å². The summed E-state index contributed by atoms with van der Waals surface area (Å²) in [7, 11) is 0. The van der Waals surface area contributed by atoms with Crippen LogP contribution in [0, 0.1) is 12.8 Å². The van der Waals surface area contributed by atoms with Gasteiger partial charge in [0.25, 0.3) is 0 Å². The zero-order valence-corrected chi connectivity index (χ0v) is 23.7. The minimum atomic E-state index is -4.66. The zero-order chi connectivity index (χ0) is 28.4. The van der Waals surface area contributed by atoms with Crippen LogP contribution in [0.4, 0.5) is 18.9 Å². The summed E-state index contributed by atoms with van der Waals surface area (Å²) in [6.07, 6.45) is 5.72. The van der Waals surface area contributed by atoms with Crippen LogP contribution >= 0.6 is 0 Å². The van der Waals surface area contributed by atoms with Gasteiger partial charge < -0.3 is 20.9 Å². The van der Waals surface area contributed by atoms with Crippen LogP contribution in [0.3, 0.4) is 0 Å². The first-order valence-corrected chi connectivity index (χ1v) is 14.1. The number of alkyl halides is 3. The van der Waals surface area contributed by atoms with E-state index < -0.39 is 11.7 Å². The summed E-state index contributed by atoms with van der Waals surface area (Å²) in [5.74, 6) is 0.276. The van der Waals surface area contributed by atoms with Gasteiger partial charge in [0.05, 0.1) is 24.3 Å². The fraction of sp³-hybridized carbons (Fsp3) is 0.679. The predicted octanol–water partition coefficient (Wildman–Crippen LogP) is 5.32. The number of hydrogen-bond acceptors (Lipinski definition) is 6. The van der Waals surface area contributed by atoms with Gasteiger partial charge in [0, 0.05) is 51.2 Å². The molecule has 0 atom stereocenters. The number of nitrogens with zero attached hydrogens (tertiary/aromatic N) is 6. The number of aromatic nitrogens is 2. The van der Waals surface area contributed by atoms with Crippen LogP contribution in [0.2, 0.25) is 0 Å². The maximum absolute atomic E-state index is 14.1. The zero-order valence-electron chi connectivity index (χ0n) is 23.7. The van der Waals surface area contributed by atoms with E-state index in [-0.39, 0.29) is 11.9 Å². The van der Waals surface area contributed by atoms with E-state index in [4.69, 9.17) is 5.73 Å². The van der Waals surface area contributed by atoms with Crippen LogP contribution in [0.1, 0.15) is 70.5 Å². The van der Waals surface area contributed by atoms with Crippen molar-refractivity contribution in [3.63, 3.8) is 0 Å². The SMILES string of the molecule is C=C1CCCCCN1CCCNC(/N=C/N)=C(/C=N\c1cn(C2CCN(CC(C)C)CC2)nc1C)C(F)(F)F. The number of halogens is 3. The molecule has 218 valence electrons. The molecule has 2 aliphatic heterocycles. The predicted molar refractivity (Wildman–Crippen MR) is 152 cm³/mol. The van der Waals surface area contributed by atoms with Gasteiger partial charge in [0.2, 0.25) is 0 Å². The molecule has 0 aliphatic carbocycles. The molecule has 2 fully saturated rings. The average molecular weight is 551 g/mol. The molecule has 3 N–H and O–H groups in total. The Bertz CT molecular complexity index is 1020. The van der Waals surface area contributed by atoms with Crippen molar-refractivity contribution in [2.75, 3.05) is 39.3 Å². The molecule has 0 spiro atoms. The molecule has 2 saturated heterocycles. The molecule has 39 heavy (non-hydrogen) atoms. The summed E-state index contributed by atoms with van der Waals surface area (Å²) in [4.78, 5) is 12.7. The second kappa shape index (κ2) is 14.5. The Morgan fingerprint density at radius 1 is 1.23 bits per heavy atom. The molecule has 1 aromatic rings. The number of nitrogens with one attached hydrogen (secondary N) is 1. The van der Waals surface area contributed by atoms with E-state index in [1.54, 1.807) is 13.1 Å². The van der Waals surface area contributed by atoms with Gasteiger partial charge in [-0.1, -0.05) is 26.8 Å². The van der Waals surface area contributed by atoms with Crippen molar-refractivity contribution >= 4 is 18.2 Å². The van der Waals surface area contributed by atoms with Gasteiger partial charge in [-0.25, -0.2) is 4.99 Å². The summed E-state index contributed by atoms with van der Waals surface area (Å²) in [6, 6.07) is 0.216. The number of likely N-dealkylation sites (tertiary alicyclic amines) is 2. The maximum Gasteiger partial charge on any atom is 0.421 e. The van der Waals surface area contributed by atoms with E-state index in [2.05, 4.69) is 50.6 Å².